The summed E-state index contributed by atoms with van der Waals surface area (Å²) in [4.78, 5) is 22.7. The molecule has 0 aliphatic rings. The summed E-state index contributed by atoms with van der Waals surface area (Å²) in [6.07, 6.45) is 2.50. The largest absolute Gasteiger partial charge is 0.478 e. The fraction of sp³-hybridized carbons (Fsp3) is 0.375. The minimum atomic E-state index is -0.995. The lowest BCUT2D eigenvalue weighted by molar-refractivity contribution is -0.137. The van der Waals surface area contributed by atoms with E-state index in [1.54, 1.807) is 19.9 Å². The maximum absolute atomic E-state index is 11.7. The first-order valence-corrected chi connectivity index (χ1v) is 6.52. The molecule has 108 valence electrons. The van der Waals surface area contributed by atoms with Gasteiger partial charge in [-0.1, -0.05) is 25.5 Å². The van der Waals surface area contributed by atoms with E-state index in [1.807, 2.05) is 19.9 Å². The number of ether oxygens (including phenoxy) is 1. The summed E-state index contributed by atoms with van der Waals surface area (Å²) in [5.41, 5.74) is 2.00. The van der Waals surface area contributed by atoms with Crippen molar-refractivity contribution in [3.05, 3.63) is 41.0 Å². The van der Waals surface area contributed by atoms with E-state index in [0.29, 0.717) is 17.7 Å². The molecular weight excluding hydrogens is 256 g/mol. The molecule has 0 aliphatic carbocycles. The summed E-state index contributed by atoms with van der Waals surface area (Å²) in [7, 11) is 0. The van der Waals surface area contributed by atoms with Crippen LogP contribution in [0.1, 0.15) is 43.6 Å². The first kappa shape index (κ1) is 16.0. The van der Waals surface area contributed by atoms with Crippen LogP contribution >= 0.6 is 0 Å². The van der Waals surface area contributed by atoms with Crippen molar-refractivity contribution >= 4 is 11.9 Å². The van der Waals surface area contributed by atoms with Crippen molar-refractivity contribution in [1.29, 1.82) is 0 Å². The van der Waals surface area contributed by atoms with Crippen molar-refractivity contribution in [2.24, 2.45) is 5.92 Å². The van der Waals surface area contributed by atoms with Crippen LogP contribution in [0, 0.1) is 5.92 Å². The summed E-state index contributed by atoms with van der Waals surface area (Å²) >= 11 is 0. The van der Waals surface area contributed by atoms with E-state index in [0.717, 1.165) is 5.57 Å². The SMILES string of the molecule is CC(C)=CCc1cc(C(=O)O)ccc1OC(=O)C(C)C. The van der Waals surface area contributed by atoms with Crippen molar-refractivity contribution in [3.63, 3.8) is 0 Å². The maximum Gasteiger partial charge on any atom is 0.335 e. The number of carboxylic acid groups (broad SMARTS) is 1. The maximum atomic E-state index is 11.7. The molecule has 1 aromatic rings. The standard InChI is InChI=1S/C16H20O4/c1-10(2)5-6-12-9-13(15(17)18)7-8-14(12)20-16(19)11(3)4/h5,7-9,11H,6H2,1-4H3,(H,17,18). The molecule has 1 rings (SSSR count). The predicted molar refractivity (Wildman–Crippen MR) is 77.0 cm³/mol. The predicted octanol–water partition coefficient (Wildman–Crippen LogP) is 3.45. The third-order valence-electron chi connectivity index (χ3n) is 2.72. The van der Waals surface area contributed by atoms with E-state index in [-0.39, 0.29) is 17.5 Å². The van der Waals surface area contributed by atoms with Gasteiger partial charge >= 0.3 is 11.9 Å². The molecule has 0 heterocycles. The van der Waals surface area contributed by atoms with Gasteiger partial charge in [0.15, 0.2) is 0 Å². The lowest BCUT2D eigenvalue weighted by atomic mass is 10.1. The molecule has 0 unspecified atom stereocenters. The highest BCUT2D eigenvalue weighted by molar-refractivity contribution is 5.88. The molecular formula is C16H20O4. The van der Waals surface area contributed by atoms with Gasteiger partial charge in [0.25, 0.3) is 0 Å². The van der Waals surface area contributed by atoms with Crippen LogP contribution in [0.4, 0.5) is 0 Å². The molecule has 1 aromatic carbocycles. The molecule has 4 nitrogen and oxygen atoms in total. The molecule has 1 N–H and O–H groups in total. The fourth-order valence-corrected chi connectivity index (χ4v) is 1.51. The normalized spacial score (nSPS) is 10.2. The zero-order valence-corrected chi connectivity index (χ0v) is 12.3. The second-order valence-corrected chi connectivity index (χ2v) is 5.19. The molecule has 20 heavy (non-hydrogen) atoms. The Hall–Kier alpha value is -2.10. The quantitative estimate of drug-likeness (QED) is 0.508. The van der Waals surface area contributed by atoms with Crippen molar-refractivity contribution < 1.29 is 19.4 Å². The van der Waals surface area contributed by atoms with Crippen LogP contribution in [0.3, 0.4) is 0 Å². The Kier molecular flexibility index (Phi) is 5.50. The minimum absolute atomic E-state index is 0.187. The number of allylic oxidation sites excluding steroid dienone is 2. The Labute approximate surface area is 119 Å². The van der Waals surface area contributed by atoms with Gasteiger partial charge in [-0.25, -0.2) is 4.79 Å². The minimum Gasteiger partial charge on any atom is -0.478 e. The highest BCUT2D eigenvalue weighted by Gasteiger charge is 2.14. The third-order valence-corrected chi connectivity index (χ3v) is 2.72. The van der Waals surface area contributed by atoms with Crippen LogP contribution < -0.4 is 4.74 Å². The number of carboxylic acids is 1. The number of hydrogen-bond acceptors (Lipinski definition) is 3. The van der Waals surface area contributed by atoms with Crippen LogP contribution in [0.5, 0.6) is 5.75 Å². The van der Waals surface area contributed by atoms with Gasteiger partial charge in [0, 0.05) is 0 Å². The topological polar surface area (TPSA) is 63.6 Å². The van der Waals surface area contributed by atoms with Crippen LogP contribution in [-0.2, 0) is 11.2 Å². The Morgan fingerprint density at radius 1 is 1.30 bits per heavy atom. The van der Waals surface area contributed by atoms with Gasteiger partial charge < -0.3 is 9.84 Å². The Balaban J connectivity index is 3.11. The molecule has 0 aliphatic heterocycles. The summed E-state index contributed by atoms with van der Waals surface area (Å²) in [6, 6.07) is 4.53. The van der Waals surface area contributed by atoms with E-state index in [2.05, 4.69) is 0 Å². The summed E-state index contributed by atoms with van der Waals surface area (Å²) in [5, 5.41) is 9.02. The van der Waals surface area contributed by atoms with Crippen molar-refractivity contribution in [2.45, 2.75) is 34.1 Å². The third kappa shape index (κ3) is 4.53. The summed E-state index contributed by atoms with van der Waals surface area (Å²) in [6.45, 7) is 7.43. The lowest BCUT2D eigenvalue weighted by Gasteiger charge is -2.11. The first-order valence-electron chi connectivity index (χ1n) is 6.52. The Bertz CT molecular complexity index is 537. The number of carbonyl (C=O) groups is 2. The highest BCUT2D eigenvalue weighted by Crippen LogP contribution is 2.23. The van der Waals surface area contributed by atoms with Gasteiger partial charge in [-0.2, -0.15) is 0 Å². The lowest BCUT2D eigenvalue weighted by Crippen LogP contribution is -2.16. The molecule has 0 aromatic heterocycles. The van der Waals surface area contributed by atoms with Gasteiger partial charge in [0.05, 0.1) is 11.5 Å². The van der Waals surface area contributed by atoms with E-state index in [1.165, 1.54) is 12.1 Å². The highest BCUT2D eigenvalue weighted by atomic mass is 16.5. The van der Waals surface area contributed by atoms with Crippen molar-refractivity contribution in [2.75, 3.05) is 0 Å². The molecule has 0 saturated heterocycles. The molecule has 0 bridgehead atoms. The van der Waals surface area contributed by atoms with Crippen molar-refractivity contribution in [3.8, 4) is 5.75 Å². The van der Waals surface area contributed by atoms with E-state index >= 15 is 0 Å². The number of carbonyl (C=O) groups excluding carboxylic acids is 1. The van der Waals surface area contributed by atoms with Crippen LogP contribution in [0.15, 0.2) is 29.8 Å². The van der Waals surface area contributed by atoms with Crippen LogP contribution in [-0.4, -0.2) is 17.0 Å². The van der Waals surface area contributed by atoms with Gasteiger partial charge in [0.1, 0.15) is 5.75 Å². The molecule has 0 saturated carbocycles. The number of hydrogen-bond donors (Lipinski definition) is 1. The second-order valence-electron chi connectivity index (χ2n) is 5.19. The summed E-state index contributed by atoms with van der Waals surface area (Å²) < 4.78 is 5.31. The zero-order valence-electron chi connectivity index (χ0n) is 12.3. The molecule has 0 fully saturated rings. The van der Waals surface area contributed by atoms with Crippen molar-refractivity contribution in [1.82, 2.24) is 0 Å². The Morgan fingerprint density at radius 2 is 1.95 bits per heavy atom. The van der Waals surface area contributed by atoms with Crippen LogP contribution in [0.25, 0.3) is 0 Å². The molecule has 0 radical (unpaired) electrons. The van der Waals surface area contributed by atoms with E-state index in [9.17, 15) is 9.59 Å². The van der Waals surface area contributed by atoms with Gasteiger partial charge in [-0.05, 0) is 44.0 Å². The number of rotatable bonds is 5. The smallest absolute Gasteiger partial charge is 0.335 e. The van der Waals surface area contributed by atoms with Gasteiger partial charge in [-0.3, -0.25) is 4.79 Å². The first-order chi connectivity index (χ1) is 9.31. The Morgan fingerprint density at radius 3 is 2.45 bits per heavy atom. The molecule has 4 heteroatoms. The molecule has 0 atom stereocenters. The van der Waals surface area contributed by atoms with Gasteiger partial charge in [0.2, 0.25) is 0 Å². The monoisotopic (exact) mass is 276 g/mol. The molecule has 0 amide bonds. The average molecular weight is 276 g/mol. The molecule has 0 spiro atoms. The number of esters is 1. The second kappa shape index (κ2) is 6.89. The van der Waals surface area contributed by atoms with Crippen LogP contribution in [0.2, 0.25) is 0 Å². The average Bonchev–Trinajstić information content (AvgIpc) is 2.36. The fourth-order valence-electron chi connectivity index (χ4n) is 1.51. The van der Waals surface area contributed by atoms with E-state index in [4.69, 9.17) is 9.84 Å². The summed E-state index contributed by atoms with van der Waals surface area (Å²) in [5.74, 6) is -1.13. The zero-order chi connectivity index (χ0) is 15.3. The number of benzene rings is 1. The number of aromatic carboxylic acids is 1. The van der Waals surface area contributed by atoms with E-state index < -0.39 is 5.97 Å². The van der Waals surface area contributed by atoms with Gasteiger partial charge in [-0.15, -0.1) is 0 Å².